The molecule has 0 aliphatic heterocycles. The molecule has 7 heteroatoms. The van der Waals surface area contributed by atoms with E-state index in [1.807, 2.05) is 0 Å². The molecule has 0 aliphatic carbocycles. The number of amides is 1. The fourth-order valence-electron chi connectivity index (χ4n) is 1.86. The summed E-state index contributed by atoms with van der Waals surface area (Å²) >= 11 is 0. The Morgan fingerprint density at radius 2 is 2.22 bits per heavy atom. The molecule has 1 N–H and O–H groups in total. The van der Waals surface area contributed by atoms with Crippen LogP contribution < -0.4 is 5.32 Å². The van der Waals surface area contributed by atoms with Crippen LogP contribution in [0.4, 0.5) is 11.4 Å². The molecule has 1 heterocycles. The van der Waals surface area contributed by atoms with Crippen molar-refractivity contribution in [2.24, 2.45) is 0 Å². The van der Waals surface area contributed by atoms with Gasteiger partial charge in [0.1, 0.15) is 17.3 Å². The van der Waals surface area contributed by atoms with E-state index in [4.69, 9.17) is 5.26 Å². The summed E-state index contributed by atoms with van der Waals surface area (Å²) < 4.78 is 0. The number of rotatable bonds is 4. The molecule has 7 nitrogen and oxygen atoms in total. The van der Waals surface area contributed by atoms with Crippen LogP contribution in [0.25, 0.3) is 6.08 Å². The Labute approximate surface area is 132 Å². The molecule has 0 radical (unpaired) electrons. The maximum Gasteiger partial charge on any atom is 0.293 e. The van der Waals surface area contributed by atoms with Gasteiger partial charge in [-0.1, -0.05) is 12.1 Å². The zero-order chi connectivity index (χ0) is 16.8. The smallest absolute Gasteiger partial charge is 0.293 e. The molecule has 0 fully saturated rings. The van der Waals surface area contributed by atoms with Crippen LogP contribution in [-0.2, 0) is 4.79 Å². The summed E-state index contributed by atoms with van der Waals surface area (Å²) in [6.07, 6.45) is 4.43. The third kappa shape index (κ3) is 3.98. The molecule has 2 aromatic rings. The number of hydrogen-bond acceptors (Lipinski definition) is 5. The molecule has 114 valence electrons. The van der Waals surface area contributed by atoms with Crippen LogP contribution in [-0.4, -0.2) is 15.8 Å². The first-order valence-corrected chi connectivity index (χ1v) is 6.59. The first-order chi connectivity index (χ1) is 11.0. The molecule has 1 amide bonds. The van der Waals surface area contributed by atoms with E-state index in [1.54, 1.807) is 37.4 Å². The maximum absolute atomic E-state index is 12.2. The second-order valence-electron chi connectivity index (χ2n) is 4.69. The topological polar surface area (TPSA) is 109 Å². The number of nitriles is 1. The number of carbonyl (C=O) groups is 1. The number of aromatic nitrogens is 1. The molecule has 0 unspecified atom stereocenters. The van der Waals surface area contributed by atoms with Gasteiger partial charge in [-0.05, 0) is 36.3 Å². The lowest BCUT2D eigenvalue weighted by molar-refractivity contribution is -0.384. The predicted octanol–water partition coefficient (Wildman–Crippen LogP) is 2.84. The van der Waals surface area contributed by atoms with Crippen molar-refractivity contribution >= 4 is 23.4 Å². The molecule has 0 atom stereocenters. The molecule has 0 saturated heterocycles. The standard InChI is InChI=1S/C16H12N4O3/c1-11-4-5-14(15(7-11)20(22)23)19-16(21)13(9-17)8-12-3-2-6-18-10-12/h2-8,10H,1H3,(H,19,21)/b13-8+. The molecule has 1 aromatic carbocycles. The van der Waals surface area contributed by atoms with Crippen LogP contribution >= 0.6 is 0 Å². The number of nitrogens with one attached hydrogen (secondary N) is 1. The van der Waals surface area contributed by atoms with Gasteiger partial charge >= 0.3 is 0 Å². The van der Waals surface area contributed by atoms with Gasteiger partial charge in [0.15, 0.2) is 0 Å². The third-order valence-electron chi connectivity index (χ3n) is 2.96. The number of benzene rings is 1. The van der Waals surface area contributed by atoms with Crippen molar-refractivity contribution in [3.63, 3.8) is 0 Å². The number of nitrogens with zero attached hydrogens (tertiary/aromatic N) is 3. The summed E-state index contributed by atoms with van der Waals surface area (Å²) in [4.78, 5) is 26.5. The van der Waals surface area contributed by atoms with Gasteiger partial charge in [-0.2, -0.15) is 5.26 Å². The van der Waals surface area contributed by atoms with Gasteiger partial charge in [0.25, 0.3) is 11.6 Å². The molecule has 0 saturated carbocycles. The molecule has 1 aromatic heterocycles. The largest absolute Gasteiger partial charge is 0.316 e. The Bertz CT molecular complexity index is 823. The second-order valence-corrected chi connectivity index (χ2v) is 4.69. The minimum atomic E-state index is -0.719. The van der Waals surface area contributed by atoms with Crippen LogP contribution in [0, 0.1) is 28.4 Å². The summed E-state index contributed by atoms with van der Waals surface area (Å²) in [5.41, 5.74) is 0.918. The third-order valence-corrected chi connectivity index (χ3v) is 2.96. The number of aryl methyl sites for hydroxylation is 1. The number of carbonyl (C=O) groups excluding carboxylic acids is 1. The van der Waals surface area contributed by atoms with Crippen molar-refractivity contribution < 1.29 is 9.72 Å². The summed E-state index contributed by atoms with van der Waals surface area (Å²) in [5, 5.41) is 22.6. The van der Waals surface area contributed by atoms with E-state index in [2.05, 4.69) is 10.3 Å². The highest BCUT2D eigenvalue weighted by Crippen LogP contribution is 2.25. The van der Waals surface area contributed by atoms with Crippen LogP contribution in [0.1, 0.15) is 11.1 Å². The summed E-state index contributed by atoms with van der Waals surface area (Å²) in [7, 11) is 0. The van der Waals surface area contributed by atoms with Crippen molar-refractivity contribution in [1.29, 1.82) is 5.26 Å². The van der Waals surface area contributed by atoms with Gasteiger partial charge in [-0.15, -0.1) is 0 Å². The van der Waals surface area contributed by atoms with E-state index in [0.29, 0.717) is 11.1 Å². The van der Waals surface area contributed by atoms with E-state index in [-0.39, 0.29) is 16.9 Å². The molecule has 2 rings (SSSR count). The molecule has 0 bridgehead atoms. The second kappa shape index (κ2) is 6.95. The highest BCUT2D eigenvalue weighted by atomic mass is 16.6. The maximum atomic E-state index is 12.2. The highest BCUT2D eigenvalue weighted by Gasteiger charge is 2.18. The van der Waals surface area contributed by atoms with Gasteiger partial charge in [-0.25, -0.2) is 0 Å². The molecule has 0 aliphatic rings. The minimum absolute atomic E-state index is 0.0398. The van der Waals surface area contributed by atoms with Crippen molar-refractivity contribution in [1.82, 2.24) is 4.98 Å². The number of hydrogen-bond donors (Lipinski definition) is 1. The first-order valence-electron chi connectivity index (χ1n) is 6.59. The summed E-state index contributed by atoms with van der Waals surface area (Å²) in [5.74, 6) is -0.719. The SMILES string of the molecule is Cc1ccc(NC(=O)/C(C#N)=C/c2cccnc2)c([N+](=O)[O-])c1. The minimum Gasteiger partial charge on any atom is -0.316 e. The lowest BCUT2D eigenvalue weighted by atomic mass is 10.1. The van der Waals surface area contributed by atoms with Crippen molar-refractivity contribution in [2.75, 3.05) is 5.32 Å². The van der Waals surface area contributed by atoms with Gasteiger partial charge in [0, 0.05) is 18.5 Å². The van der Waals surface area contributed by atoms with E-state index in [0.717, 1.165) is 0 Å². The summed E-state index contributed by atoms with van der Waals surface area (Å²) in [6, 6.07) is 9.57. The molecular formula is C16H12N4O3. The zero-order valence-electron chi connectivity index (χ0n) is 12.2. The Kier molecular flexibility index (Phi) is 4.79. The van der Waals surface area contributed by atoms with Crippen LogP contribution in [0.5, 0.6) is 0 Å². The van der Waals surface area contributed by atoms with Gasteiger partial charge in [0.2, 0.25) is 0 Å². The van der Waals surface area contributed by atoms with E-state index >= 15 is 0 Å². The zero-order valence-corrected chi connectivity index (χ0v) is 12.2. The van der Waals surface area contributed by atoms with Gasteiger partial charge in [0.05, 0.1) is 4.92 Å². The molecule has 0 spiro atoms. The van der Waals surface area contributed by atoms with Gasteiger partial charge in [-0.3, -0.25) is 19.9 Å². The first kappa shape index (κ1) is 15.9. The lowest BCUT2D eigenvalue weighted by Gasteiger charge is -2.06. The molecular weight excluding hydrogens is 296 g/mol. The quantitative estimate of drug-likeness (QED) is 0.404. The number of pyridine rings is 1. The Balaban J connectivity index is 2.30. The monoisotopic (exact) mass is 308 g/mol. The van der Waals surface area contributed by atoms with Crippen molar-refractivity contribution in [3.8, 4) is 6.07 Å². The summed E-state index contributed by atoms with van der Waals surface area (Å²) in [6.45, 7) is 1.71. The average Bonchev–Trinajstić information content (AvgIpc) is 2.55. The predicted molar refractivity (Wildman–Crippen MR) is 84.3 cm³/mol. The van der Waals surface area contributed by atoms with E-state index < -0.39 is 10.8 Å². The highest BCUT2D eigenvalue weighted by molar-refractivity contribution is 6.10. The Morgan fingerprint density at radius 3 is 2.83 bits per heavy atom. The fourth-order valence-corrected chi connectivity index (χ4v) is 1.86. The molecule has 23 heavy (non-hydrogen) atoms. The fraction of sp³-hybridized carbons (Fsp3) is 0.0625. The Morgan fingerprint density at radius 1 is 1.43 bits per heavy atom. The Hall–Kier alpha value is -3.53. The lowest BCUT2D eigenvalue weighted by Crippen LogP contribution is -2.14. The van der Waals surface area contributed by atoms with Crippen molar-refractivity contribution in [3.05, 3.63) is 69.5 Å². The van der Waals surface area contributed by atoms with Crippen LogP contribution in [0.15, 0.2) is 48.3 Å². The van der Waals surface area contributed by atoms with Crippen molar-refractivity contribution in [2.45, 2.75) is 6.92 Å². The van der Waals surface area contributed by atoms with E-state index in [1.165, 1.54) is 24.4 Å². The van der Waals surface area contributed by atoms with Crippen LogP contribution in [0.3, 0.4) is 0 Å². The normalized spacial score (nSPS) is 10.7. The number of nitro groups is 1. The van der Waals surface area contributed by atoms with E-state index in [9.17, 15) is 14.9 Å². The average molecular weight is 308 g/mol. The number of nitro benzene ring substituents is 1. The van der Waals surface area contributed by atoms with Crippen LogP contribution in [0.2, 0.25) is 0 Å². The number of anilines is 1. The van der Waals surface area contributed by atoms with Gasteiger partial charge < -0.3 is 5.32 Å².